The number of para-hydroxylation sites is 1. The Hall–Kier alpha value is -3.07. The van der Waals surface area contributed by atoms with Gasteiger partial charge >= 0.3 is 0 Å². The Balaban J connectivity index is 1.40. The first kappa shape index (κ1) is 25.2. The Labute approximate surface area is 230 Å². The Kier molecular flexibility index (Phi) is 6.58. The zero-order valence-corrected chi connectivity index (χ0v) is 22.2. The number of thioether (sulfide) groups is 1. The van der Waals surface area contributed by atoms with Crippen LogP contribution >= 0.6 is 23.4 Å². The first-order valence-corrected chi connectivity index (χ1v) is 14.0. The van der Waals surface area contributed by atoms with E-state index in [2.05, 4.69) is 0 Å². The minimum atomic E-state index is -0.926. The molecule has 0 saturated carbocycles. The third kappa shape index (κ3) is 3.89. The van der Waals surface area contributed by atoms with Crippen molar-refractivity contribution >= 4 is 46.8 Å². The van der Waals surface area contributed by atoms with E-state index in [1.54, 1.807) is 28.0 Å². The van der Waals surface area contributed by atoms with Crippen LogP contribution in [0.25, 0.3) is 0 Å². The van der Waals surface area contributed by atoms with Gasteiger partial charge in [-0.15, -0.1) is 11.8 Å². The van der Waals surface area contributed by atoms with Gasteiger partial charge in [0.2, 0.25) is 11.8 Å². The number of fused-ring (bicyclic) bond motifs is 2. The van der Waals surface area contributed by atoms with E-state index in [-0.39, 0.29) is 36.1 Å². The number of hydrogen-bond donors (Lipinski definition) is 1. The van der Waals surface area contributed by atoms with Crippen molar-refractivity contribution in [2.45, 2.75) is 22.6 Å². The number of likely N-dealkylation sites (tertiary alicyclic amines) is 1. The van der Waals surface area contributed by atoms with Crippen molar-refractivity contribution < 1.29 is 19.5 Å². The fourth-order valence-corrected chi connectivity index (χ4v) is 8.61. The molecule has 6 rings (SSSR count). The summed E-state index contributed by atoms with van der Waals surface area (Å²) in [5.74, 6) is -1.91. The summed E-state index contributed by atoms with van der Waals surface area (Å²) in [5.41, 5.74) is 1.59. The average molecular weight is 550 g/mol. The molecular weight excluding hydrogens is 522 g/mol. The molecule has 7 nitrogen and oxygen atoms in total. The monoisotopic (exact) mass is 549 g/mol. The average Bonchev–Trinajstić information content (AvgIpc) is 3.23. The lowest BCUT2D eigenvalue weighted by molar-refractivity contribution is -0.143. The van der Waals surface area contributed by atoms with Crippen LogP contribution in [0, 0.1) is 11.8 Å². The first-order chi connectivity index (χ1) is 18.5. The van der Waals surface area contributed by atoms with Crippen LogP contribution in [0.3, 0.4) is 0 Å². The van der Waals surface area contributed by atoms with Crippen LogP contribution < -0.4 is 4.90 Å². The number of benzene rings is 2. The number of hydrogen-bond acceptors (Lipinski definition) is 5. The van der Waals surface area contributed by atoms with E-state index in [9.17, 15) is 19.5 Å². The number of aliphatic hydroxyl groups is 1. The largest absolute Gasteiger partial charge is 0.395 e. The molecule has 1 N–H and O–H groups in total. The molecule has 2 fully saturated rings. The minimum Gasteiger partial charge on any atom is -0.395 e. The maximum atomic E-state index is 14.2. The summed E-state index contributed by atoms with van der Waals surface area (Å²) in [7, 11) is 0. The summed E-state index contributed by atoms with van der Waals surface area (Å²) in [4.78, 5) is 47.2. The van der Waals surface area contributed by atoms with Gasteiger partial charge in [0.05, 0.1) is 33.9 Å². The lowest BCUT2D eigenvalue weighted by Crippen LogP contribution is -2.53. The highest BCUT2D eigenvalue weighted by molar-refractivity contribution is 8.02. The van der Waals surface area contributed by atoms with E-state index in [1.165, 1.54) is 16.7 Å². The lowest BCUT2D eigenvalue weighted by Gasteiger charge is -2.35. The van der Waals surface area contributed by atoms with Gasteiger partial charge in [-0.2, -0.15) is 0 Å². The molecule has 4 heterocycles. The highest BCUT2D eigenvalue weighted by Gasteiger charge is 2.71. The van der Waals surface area contributed by atoms with Crippen LogP contribution in [-0.4, -0.2) is 74.9 Å². The minimum absolute atomic E-state index is 0.0212. The Morgan fingerprint density at radius 2 is 1.71 bits per heavy atom. The van der Waals surface area contributed by atoms with Crippen molar-refractivity contribution in [1.82, 2.24) is 9.80 Å². The van der Waals surface area contributed by atoms with Crippen LogP contribution in [0.1, 0.15) is 5.56 Å². The maximum Gasteiger partial charge on any atom is 0.251 e. The summed E-state index contributed by atoms with van der Waals surface area (Å²) in [6.45, 7) is 0.960. The van der Waals surface area contributed by atoms with Crippen molar-refractivity contribution in [1.29, 1.82) is 0 Å². The number of nitrogens with zero attached hydrogens (tertiary/aromatic N) is 3. The van der Waals surface area contributed by atoms with Gasteiger partial charge in [0, 0.05) is 31.4 Å². The maximum absolute atomic E-state index is 14.2. The Bertz CT molecular complexity index is 1330. The van der Waals surface area contributed by atoms with Crippen LogP contribution in [-0.2, 0) is 20.9 Å². The van der Waals surface area contributed by atoms with Crippen LogP contribution in [0.4, 0.5) is 5.69 Å². The van der Waals surface area contributed by atoms with Crippen LogP contribution in [0.2, 0.25) is 5.02 Å². The second kappa shape index (κ2) is 9.91. The molecule has 4 aliphatic rings. The molecule has 5 atom stereocenters. The lowest BCUT2D eigenvalue weighted by atomic mass is 9.78. The summed E-state index contributed by atoms with van der Waals surface area (Å²) >= 11 is 8.00. The Morgan fingerprint density at radius 1 is 0.947 bits per heavy atom. The van der Waals surface area contributed by atoms with E-state index in [0.29, 0.717) is 30.3 Å². The summed E-state index contributed by atoms with van der Waals surface area (Å²) < 4.78 is -0.926. The fraction of sp³-hybridized carbons (Fsp3) is 0.345. The van der Waals surface area contributed by atoms with Crippen molar-refractivity contribution in [3.8, 4) is 0 Å². The topological polar surface area (TPSA) is 81.2 Å². The van der Waals surface area contributed by atoms with Crippen LogP contribution in [0.5, 0.6) is 0 Å². The summed E-state index contributed by atoms with van der Waals surface area (Å²) in [5, 5.41) is 10.1. The highest BCUT2D eigenvalue weighted by Crippen LogP contribution is 2.61. The Morgan fingerprint density at radius 3 is 2.47 bits per heavy atom. The second-order valence-electron chi connectivity index (χ2n) is 10.0. The van der Waals surface area contributed by atoms with Crippen molar-refractivity contribution in [3.05, 3.63) is 89.5 Å². The van der Waals surface area contributed by atoms with E-state index in [1.807, 2.05) is 60.7 Å². The van der Waals surface area contributed by atoms with Gasteiger partial charge in [0.15, 0.2) is 0 Å². The SMILES string of the molecule is O=C1[C@@H]2[C@H]3C(=O)N(CCO)C4C(=O)N(c5ccccc5Cl)CC=C[C@@]43S[C@@H]2C=CCN1Cc1ccccc1. The highest BCUT2D eigenvalue weighted by atomic mass is 35.5. The molecule has 1 unspecified atom stereocenters. The zero-order valence-electron chi connectivity index (χ0n) is 20.7. The smallest absolute Gasteiger partial charge is 0.251 e. The molecule has 2 aromatic rings. The van der Waals surface area contributed by atoms with Gasteiger partial charge in [-0.05, 0) is 17.7 Å². The quantitative estimate of drug-likeness (QED) is 0.580. The van der Waals surface area contributed by atoms with Gasteiger partial charge in [0.1, 0.15) is 6.04 Å². The van der Waals surface area contributed by atoms with Gasteiger partial charge in [-0.25, -0.2) is 0 Å². The van der Waals surface area contributed by atoms with Crippen LogP contribution in [0.15, 0.2) is 78.9 Å². The summed E-state index contributed by atoms with van der Waals surface area (Å²) in [6.07, 6.45) is 7.91. The fourth-order valence-electron chi connectivity index (χ4n) is 6.37. The third-order valence-corrected chi connectivity index (χ3v) is 10.0. The first-order valence-electron chi connectivity index (χ1n) is 12.8. The standard InChI is InChI=1S/C29H28ClN3O4S/c30-20-10-4-5-11-21(20)32-15-7-13-29-24(27(36)33(16-17-34)25(29)28(32)37)23-22(38-29)12-6-14-31(26(23)35)18-19-8-2-1-3-9-19/h1-13,22-25,34H,14-18H2/t22-,23+,24+,25?,29+/m1/s1. The number of rotatable bonds is 5. The molecule has 0 radical (unpaired) electrons. The molecule has 196 valence electrons. The van der Waals surface area contributed by atoms with Gasteiger partial charge in [-0.1, -0.05) is 78.4 Å². The number of halogens is 1. The van der Waals surface area contributed by atoms with Crippen molar-refractivity contribution in [3.63, 3.8) is 0 Å². The molecule has 3 amide bonds. The number of β-amino-alcohol motifs (C(OH)–C–C–N with tert-alkyl or cyclic N) is 1. The predicted molar refractivity (Wildman–Crippen MR) is 148 cm³/mol. The molecule has 0 bridgehead atoms. The number of carbonyl (C=O) groups is 3. The van der Waals surface area contributed by atoms with Gasteiger partial charge in [0.25, 0.3) is 5.91 Å². The molecule has 2 aromatic carbocycles. The number of aliphatic hydroxyl groups excluding tert-OH is 1. The predicted octanol–water partition coefficient (Wildman–Crippen LogP) is 3.13. The summed E-state index contributed by atoms with van der Waals surface area (Å²) in [6, 6.07) is 16.1. The molecule has 4 aliphatic heterocycles. The number of carbonyl (C=O) groups excluding carboxylic acids is 3. The van der Waals surface area contributed by atoms with Crippen molar-refractivity contribution in [2.75, 3.05) is 31.1 Å². The van der Waals surface area contributed by atoms with Crippen molar-refractivity contribution in [2.24, 2.45) is 11.8 Å². The second-order valence-corrected chi connectivity index (χ2v) is 11.9. The molecular formula is C29H28ClN3O4S. The number of amides is 3. The molecule has 1 spiro atoms. The van der Waals surface area contributed by atoms with Gasteiger partial charge in [-0.3, -0.25) is 14.4 Å². The normalized spacial score (nSPS) is 30.3. The molecule has 2 saturated heterocycles. The van der Waals surface area contributed by atoms with E-state index in [4.69, 9.17) is 11.6 Å². The van der Waals surface area contributed by atoms with E-state index >= 15 is 0 Å². The molecule has 0 aromatic heterocycles. The third-order valence-electron chi connectivity index (χ3n) is 7.94. The molecule has 38 heavy (non-hydrogen) atoms. The molecule has 9 heteroatoms. The van der Waals surface area contributed by atoms with E-state index < -0.39 is 22.6 Å². The number of anilines is 1. The zero-order chi connectivity index (χ0) is 26.4. The molecule has 0 aliphatic carbocycles. The van der Waals surface area contributed by atoms with Gasteiger partial charge < -0.3 is 19.8 Å². The van der Waals surface area contributed by atoms with E-state index in [0.717, 1.165) is 5.56 Å².